The molecule has 13 heavy (non-hydrogen) atoms. The lowest BCUT2D eigenvalue weighted by atomic mass is 10.3. The second kappa shape index (κ2) is 3.27. The zero-order valence-electron chi connectivity index (χ0n) is 6.96. The molecule has 0 fully saturated rings. The van der Waals surface area contributed by atoms with Crippen molar-refractivity contribution >= 4 is 38.6 Å². The molecular formula is C8H7BrClN3. The summed E-state index contributed by atoms with van der Waals surface area (Å²) < 4.78 is 2.62. The summed E-state index contributed by atoms with van der Waals surface area (Å²) in [7, 11) is 0. The van der Waals surface area contributed by atoms with Gasteiger partial charge in [-0.2, -0.15) is 5.10 Å². The van der Waals surface area contributed by atoms with Gasteiger partial charge in [-0.3, -0.25) is 0 Å². The molecule has 0 spiro atoms. The molecule has 0 aliphatic heterocycles. The van der Waals surface area contributed by atoms with Crippen LogP contribution in [0.25, 0.3) is 11.0 Å². The standard InChI is InChI=1S/C8H7BrClN3/c1-2-13-8-5(3-12-13)7(10)6(9)4-11-8/h3-4H,2H2,1H3. The molecule has 0 amide bonds. The third-order valence-electron chi connectivity index (χ3n) is 1.86. The molecule has 2 rings (SSSR count). The van der Waals surface area contributed by atoms with E-state index >= 15 is 0 Å². The third kappa shape index (κ3) is 1.34. The normalized spacial score (nSPS) is 11.0. The maximum absolute atomic E-state index is 6.06. The first kappa shape index (κ1) is 8.97. The van der Waals surface area contributed by atoms with Gasteiger partial charge in [0.25, 0.3) is 0 Å². The minimum atomic E-state index is 0.671. The fourth-order valence-corrected chi connectivity index (χ4v) is 1.70. The number of hydrogen-bond donors (Lipinski definition) is 0. The molecule has 0 aliphatic rings. The van der Waals surface area contributed by atoms with Gasteiger partial charge in [-0.05, 0) is 22.9 Å². The van der Waals surface area contributed by atoms with Gasteiger partial charge >= 0.3 is 0 Å². The monoisotopic (exact) mass is 259 g/mol. The van der Waals surface area contributed by atoms with E-state index in [1.54, 1.807) is 12.4 Å². The Labute approximate surface area is 88.8 Å². The Kier molecular flexibility index (Phi) is 2.26. The molecule has 0 radical (unpaired) electrons. The molecule has 5 heteroatoms. The first-order chi connectivity index (χ1) is 6.24. The number of aryl methyl sites for hydroxylation is 1. The Bertz CT molecular complexity index is 452. The molecule has 0 bridgehead atoms. The predicted octanol–water partition coefficient (Wildman–Crippen LogP) is 2.87. The fourth-order valence-electron chi connectivity index (χ4n) is 1.20. The summed E-state index contributed by atoms with van der Waals surface area (Å²) >= 11 is 9.37. The topological polar surface area (TPSA) is 30.7 Å². The van der Waals surface area contributed by atoms with Crippen LogP contribution in [0.1, 0.15) is 6.92 Å². The van der Waals surface area contributed by atoms with Crippen LogP contribution in [0.15, 0.2) is 16.9 Å². The predicted molar refractivity (Wildman–Crippen MR) is 55.9 cm³/mol. The Morgan fingerprint density at radius 2 is 2.31 bits per heavy atom. The van der Waals surface area contributed by atoms with E-state index in [0.717, 1.165) is 22.1 Å². The van der Waals surface area contributed by atoms with E-state index in [1.807, 2.05) is 11.6 Å². The second-order valence-electron chi connectivity index (χ2n) is 2.62. The maximum Gasteiger partial charge on any atom is 0.159 e. The van der Waals surface area contributed by atoms with Gasteiger partial charge in [0.15, 0.2) is 5.65 Å². The number of aromatic nitrogens is 3. The summed E-state index contributed by atoms with van der Waals surface area (Å²) in [6, 6.07) is 0. The number of hydrogen-bond acceptors (Lipinski definition) is 2. The van der Waals surface area contributed by atoms with Crippen molar-refractivity contribution in [3.8, 4) is 0 Å². The molecule has 2 aromatic rings. The van der Waals surface area contributed by atoms with E-state index in [9.17, 15) is 0 Å². The van der Waals surface area contributed by atoms with Crippen molar-refractivity contribution in [3.05, 3.63) is 21.9 Å². The largest absolute Gasteiger partial charge is 0.248 e. The van der Waals surface area contributed by atoms with Gasteiger partial charge < -0.3 is 0 Å². The van der Waals surface area contributed by atoms with E-state index in [-0.39, 0.29) is 0 Å². The van der Waals surface area contributed by atoms with E-state index in [4.69, 9.17) is 11.6 Å². The van der Waals surface area contributed by atoms with Gasteiger partial charge in [0, 0.05) is 12.7 Å². The van der Waals surface area contributed by atoms with Crippen LogP contribution in [-0.2, 0) is 6.54 Å². The summed E-state index contributed by atoms with van der Waals surface area (Å²) in [5.74, 6) is 0. The summed E-state index contributed by atoms with van der Waals surface area (Å²) in [4.78, 5) is 4.24. The number of nitrogens with zero attached hydrogens (tertiary/aromatic N) is 3. The quantitative estimate of drug-likeness (QED) is 0.789. The Morgan fingerprint density at radius 3 is 3.00 bits per heavy atom. The molecule has 0 saturated carbocycles. The zero-order valence-corrected chi connectivity index (χ0v) is 9.30. The SMILES string of the molecule is CCn1ncc2c(Cl)c(Br)cnc21. The first-order valence-corrected chi connectivity index (χ1v) is 5.06. The molecule has 0 atom stereocenters. The van der Waals surface area contributed by atoms with Crippen molar-refractivity contribution in [3.63, 3.8) is 0 Å². The molecule has 0 N–H and O–H groups in total. The highest BCUT2D eigenvalue weighted by molar-refractivity contribution is 9.10. The van der Waals surface area contributed by atoms with Crippen LogP contribution in [0.2, 0.25) is 5.02 Å². The van der Waals surface area contributed by atoms with Crippen molar-refractivity contribution in [1.82, 2.24) is 14.8 Å². The molecule has 2 aromatic heterocycles. The summed E-state index contributed by atoms with van der Waals surface area (Å²) in [6.07, 6.45) is 3.43. The van der Waals surface area contributed by atoms with Crippen LogP contribution >= 0.6 is 27.5 Å². The Balaban J connectivity index is 2.81. The van der Waals surface area contributed by atoms with Crippen LogP contribution in [0.3, 0.4) is 0 Å². The number of fused-ring (bicyclic) bond motifs is 1. The lowest BCUT2D eigenvalue weighted by Crippen LogP contribution is -1.96. The van der Waals surface area contributed by atoms with Gasteiger partial charge in [-0.1, -0.05) is 11.6 Å². The van der Waals surface area contributed by atoms with E-state index in [1.165, 1.54) is 0 Å². The van der Waals surface area contributed by atoms with Gasteiger partial charge in [-0.15, -0.1) is 0 Å². The minimum Gasteiger partial charge on any atom is -0.248 e. The van der Waals surface area contributed by atoms with Gasteiger partial charge in [0.2, 0.25) is 0 Å². The van der Waals surface area contributed by atoms with Crippen LogP contribution < -0.4 is 0 Å². The molecule has 0 aliphatic carbocycles. The van der Waals surface area contributed by atoms with Crippen LogP contribution in [0, 0.1) is 0 Å². The van der Waals surface area contributed by atoms with E-state index in [2.05, 4.69) is 26.0 Å². The van der Waals surface area contributed by atoms with Gasteiger partial charge in [-0.25, -0.2) is 9.67 Å². The molecule has 0 saturated heterocycles. The molecular weight excluding hydrogens is 253 g/mol. The Morgan fingerprint density at radius 1 is 1.54 bits per heavy atom. The Hall–Kier alpha value is -0.610. The highest BCUT2D eigenvalue weighted by Crippen LogP contribution is 2.28. The average Bonchev–Trinajstić information content (AvgIpc) is 2.55. The molecule has 68 valence electrons. The third-order valence-corrected chi connectivity index (χ3v) is 3.09. The highest BCUT2D eigenvalue weighted by atomic mass is 79.9. The van der Waals surface area contributed by atoms with Crippen molar-refractivity contribution in [1.29, 1.82) is 0 Å². The van der Waals surface area contributed by atoms with E-state index < -0.39 is 0 Å². The minimum absolute atomic E-state index is 0.671. The average molecular weight is 261 g/mol. The van der Waals surface area contributed by atoms with Gasteiger partial charge in [0.05, 0.1) is 21.1 Å². The van der Waals surface area contributed by atoms with Crippen molar-refractivity contribution < 1.29 is 0 Å². The lowest BCUT2D eigenvalue weighted by molar-refractivity contribution is 0.677. The molecule has 3 nitrogen and oxygen atoms in total. The van der Waals surface area contributed by atoms with Crippen molar-refractivity contribution in [2.45, 2.75) is 13.5 Å². The summed E-state index contributed by atoms with van der Waals surface area (Å²) in [5.41, 5.74) is 0.829. The smallest absolute Gasteiger partial charge is 0.159 e. The van der Waals surface area contributed by atoms with Gasteiger partial charge in [0.1, 0.15) is 0 Å². The second-order valence-corrected chi connectivity index (χ2v) is 3.85. The van der Waals surface area contributed by atoms with Crippen molar-refractivity contribution in [2.24, 2.45) is 0 Å². The number of rotatable bonds is 1. The number of halogens is 2. The maximum atomic E-state index is 6.06. The van der Waals surface area contributed by atoms with E-state index in [0.29, 0.717) is 5.02 Å². The molecule has 0 unspecified atom stereocenters. The number of pyridine rings is 1. The van der Waals surface area contributed by atoms with Crippen LogP contribution in [0.4, 0.5) is 0 Å². The zero-order chi connectivity index (χ0) is 9.42. The van der Waals surface area contributed by atoms with Crippen LogP contribution in [0.5, 0.6) is 0 Å². The first-order valence-electron chi connectivity index (χ1n) is 3.89. The van der Waals surface area contributed by atoms with Crippen molar-refractivity contribution in [2.75, 3.05) is 0 Å². The lowest BCUT2D eigenvalue weighted by Gasteiger charge is -1.98. The van der Waals surface area contributed by atoms with Crippen LogP contribution in [-0.4, -0.2) is 14.8 Å². The molecule has 0 aromatic carbocycles. The fraction of sp³-hybridized carbons (Fsp3) is 0.250. The highest BCUT2D eigenvalue weighted by Gasteiger charge is 2.08. The molecule has 2 heterocycles. The summed E-state index contributed by atoms with van der Waals surface area (Å²) in [6.45, 7) is 2.82. The summed E-state index contributed by atoms with van der Waals surface area (Å²) in [5, 5.41) is 5.72.